The largest absolute Gasteiger partial charge is 0.390 e. The van der Waals surface area contributed by atoms with Crippen molar-refractivity contribution in [1.29, 1.82) is 5.26 Å². The molecule has 9 atom stereocenters. The van der Waals surface area contributed by atoms with Crippen molar-refractivity contribution in [3.05, 3.63) is 18.0 Å². The molecule has 0 aromatic carbocycles. The van der Waals surface area contributed by atoms with Gasteiger partial charge in [0, 0.05) is 6.20 Å². The second kappa shape index (κ2) is 7.32. The number of hydrogen-bond donors (Lipinski definition) is 2. The van der Waals surface area contributed by atoms with Gasteiger partial charge in [0.1, 0.15) is 6.07 Å². The Bertz CT molecular complexity index is 868. The zero-order valence-electron chi connectivity index (χ0n) is 19.4. The SMILES string of the molecule is CC(O)(Cn1cc(C#N)cn1)C1CC[C@H]2[C@@H]3CC[C@@H]4C[C@](C)(O)CC[C@@H]4[C@H]3CC[C@]12C. The maximum absolute atomic E-state index is 11.6. The fourth-order valence-corrected chi connectivity index (χ4v) is 9.05. The van der Waals surface area contributed by atoms with Crippen molar-refractivity contribution in [3.8, 4) is 6.07 Å². The molecule has 2 N–H and O–H groups in total. The van der Waals surface area contributed by atoms with Crippen molar-refractivity contribution in [2.45, 2.75) is 96.3 Å². The van der Waals surface area contributed by atoms with Gasteiger partial charge in [-0.15, -0.1) is 0 Å². The number of aromatic nitrogens is 2. The lowest BCUT2D eigenvalue weighted by Gasteiger charge is -2.58. The van der Waals surface area contributed by atoms with Crippen LogP contribution in [0.1, 0.15) is 84.1 Å². The zero-order chi connectivity index (χ0) is 22.0. The van der Waals surface area contributed by atoms with Gasteiger partial charge < -0.3 is 10.2 Å². The van der Waals surface area contributed by atoms with E-state index in [0.717, 1.165) is 37.0 Å². The van der Waals surface area contributed by atoms with E-state index in [4.69, 9.17) is 5.26 Å². The third kappa shape index (κ3) is 3.55. The van der Waals surface area contributed by atoms with Crippen LogP contribution in [0, 0.1) is 52.3 Å². The first-order valence-corrected chi connectivity index (χ1v) is 12.5. The molecule has 4 saturated carbocycles. The summed E-state index contributed by atoms with van der Waals surface area (Å²) in [4.78, 5) is 0. The average molecular weight is 426 g/mol. The Hall–Kier alpha value is -1.38. The highest BCUT2D eigenvalue weighted by Crippen LogP contribution is 2.66. The number of aliphatic hydroxyl groups is 2. The summed E-state index contributed by atoms with van der Waals surface area (Å²) in [7, 11) is 0. The highest BCUT2D eigenvalue weighted by atomic mass is 16.3. The summed E-state index contributed by atoms with van der Waals surface area (Å²) in [6.07, 6.45) is 13.9. The van der Waals surface area contributed by atoms with Crippen LogP contribution in [0.3, 0.4) is 0 Å². The topological polar surface area (TPSA) is 82.1 Å². The molecule has 4 aliphatic carbocycles. The summed E-state index contributed by atoms with van der Waals surface area (Å²) >= 11 is 0. The molecule has 5 rings (SSSR count). The van der Waals surface area contributed by atoms with E-state index in [1.54, 1.807) is 17.1 Å². The molecule has 31 heavy (non-hydrogen) atoms. The Morgan fingerprint density at radius 3 is 2.65 bits per heavy atom. The second-order valence-corrected chi connectivity index (χ2v) is 12.2. The van der Waals surface area contributed by atoms with Gasteiger partial charge in [-0.2, -0.15) is 10.4 Å². The summed E-state index contributed by atoms with van der Waals surface area (Å²) in [5.74, 6) is 4.10. The first-order valence-electron chi connectivity index (χ1n) is 12.5. The molecule has 4 aliphatic rings. The smallest absolute Gasteiger partial charge is 0.102 e. The van der Waals surface area contributed by atoms with Gasteiger partial charge in [-0.25, -0.2) is 0 Å². The lowest BCUT2D eigenvalue weighted by molar-refractivity contribution is -0.126. The van der Waals surface area contributed by atoms with Crippen LogP contribution < -0.4 is 0 Å². The number of nitrogens with zero attached hydrogens (tertiary/aromatic N) is 3. The van der Waals surface area contributed by atoms with Crippen molar-refractivity contribution >= 4 is 0 Å². The van der Waals surface area contributed by atoms with E-state index >= 15 is 0 Å². The summed E-state index contributed by atoms with van der Waals surface area (Å²) in [6.45, 7) is 6.94. The van der Waals surface area contributed by atoms with E-state index in [1.807, 2.05) is 13.8 Å². The van der Waals surface area contributed by atoms with E-state index in [1.165, 1.54) is 38.5 Å². The molecule has 0 aliphatic heterocycles. The molecule has 0 spiro atoms. The third-order valence-electron chi connectivity index (χ3n) is 10.2. The maximum atomic E-state index is 11.6. The average Bonchev–Trinajstić information content (AvgIpc) is 3.30. The van der Waals surface area contributed by atoms with Gasteiger partial charge in [0.2, 0.25) is 0 Å². The fourth-order valence-electron chi connectivity index (χ4n) is 9.05. The Labute approximate surface area is 186 Å². The zero-order valence-corrected chi connectivity index (χ0v) is 19.4. The molecule has 0 saturated heterocycles. The summed E-state index contributed by atoms with van der Waals surface area (Å²) < 4.78 is 1.75. The highest BCUT2D eigenvalue weighted by molar-refractivity contribution is 5.21. The van der Waals surface area contributed by atoms with Gasteiger partial charge in [-0.05, 0) is 113 Å². The number of nitriles is 1. The van der Waals surface area contributed by atoms with E-state index < -0.39 is 11.2 Å². The summed E-state index contributed by atoms with van der Waals surface area (Å²) in [5.41, 5.74) is -0.541. The highest BCUT2D eigenvalue weighted by Gasteiger charge is 2.60. The number of hydrogen-bond acceptors (Lipinski definition) is 4. The second-order valence-electron chi connectivity index (χ2n) is 12.2. The monoisotopic (exact) mass is 425 g/mol. The molecule has 4 fully saturated rings. The van der Waals surface area contributed by atoms with Crippen LogP contribution in [0.15, 0.2) is 12.4 Å². The van der Waals surface area contributed by atoms with Gasteiger partial charge >= 0.3 is 0 Å². The minimum Gasteiger partial charge on any atom is -0.390 e. The number of rotatable bonds is 3. The quantitative estimate of drug-likeness (QED) is 0.746. The number of fused-ring (bicyclic) bond motifs is 5. The first kappa shape index (κ1) is 21.5. The third-order valence-corrected chi connectivity index (χ3v) is 10.2. The van der Waals surface area contributed by atoms with Crippen LogP contribution in [-0.4, -0.2) is 31.2 Å². The standard InChI is InChI=1S/C26H39N3O2/c1-24(30)10-8-19-18(12-24)4-5-21-20(19)9-11-25(2)22(21)6-7-23(25)26(3,31)16-29-15-17(13-27)14-28-29/h14-15,18-23,30-31H,4-12,16H2,1-3H3/t18-,19+,20-,21-,22+,23?,24-,25+,26?/m1/s1. The summed E-state index contributed by atoms with van der Waals surface area (Å²) in [6, 6.07) is 2.13. The summed E-state index contributed by atoms with van der Waals surface area (Å²) in [5, 5.41) is 35.6. The molecule has 0 amide bonds. The molecule has 2 unspecified atom stereocenters. The van der Waals surface area contributed by atoms with E-state index in [0.29, 0.717) is 23.9 Å². The van der Waals surface area contributed by atoms with Crippen molar-refractivity contribution in [1.82, 2.24) is 9.78 Å². The van der Waals surface area contributed by atoms with Gasteiger partial charge in [-0.3, -0.25) is 4.68 Å². The van der Waals surface area contributed by atoms with E-state index in [9.17, 15) is 10.2 Å². The van der Waals surface area contributed by atoms with Crippen LogP contribution in [0.2, 0.25) is 0 Å². The molecule has 1 heterocycles. The molecule has 0 bridgehead atoms. The van der Waals surface area contributed by atoms with Crippen LogP contribution in [-0.2, 0) is 6.54 Å². The Kier molecular flexibility index (Phi) is 5.07. The van der Waals surface area contributed by atoms with Gasteiger partial charge in [0.15, 0.2) is 0 Å². The van der Waals surface area contributed by atoms with Gasteiger partial charge in [0.25, 0.3) is 0 Å². The molecule has 0 radical (unpaired) electrons. The predicted molar refractivity (Wildman–Crippen MR) is 119 cm³/mol. The Morgan fingerprint density at radius 2 is 1.90 bits per heavy atom. The molecule has 1 aromatic rings. The van der Waals surface area contributed by atoms with Crippen molar-refractivity contribution < 1.29 is 10.2 Å². The van der Waals surface area contributed by atoms with Gasteiger partial charge in [0.05, 0.1) is 29.5 Å². The van der Waals surface area contributed by atoms with Crippen molar-refractivity contribution in [3.63, 3.8) is 0 Å². The minimum atomic E-state index is -0.824. The molecule has 170 valence electrons. The van der Waals surface area contributed by atoms with Crippen molar-refractivity contribution in [2.75, 3.05) is 0 Å². The Morgan fingerprint density at radius 1 is 1.13 bits per heavy atom. The van der Waals surface area contributed by atoms with Crippen LogP contribution in [0.4, 0.5) is 0 Å². The molecular formula is C26H39N3O2. The Balaban J connectivity index is 1.33. The van der Waals surface area contributed by atoms with Crippen molar-refractivity contribution in [2.24, 2.45) is 40.9 Å². The van der Waals surface area contributed by atoms with Crippen LogP contribution >= 0.6 is 0 Å². The first-order chi connectivity index (χ1) is 14.6. The molecular weight excluding hydrogens is 386 g/mol. The maximum Gasteiger partial charge on any atom is 0.102 e. The predicted octanol–water partition coefficient (Wildman–Crippen LogP) is 4.53. The molecule has 1 aromatic heterocycles. The molecule has 5 heteroatoms. The van der Waals surface area contributed by atoms with E-state index in [-0.39, 0.29) is 11.3 Å². The van der Waals surface area contributed by atoms with Crippen LogP contribution in [0.5, 0.6) is 0 Å². The lowest BCUT2D eigenvalue weighted by atomic mass is 9.48. The normalized spacial score (nSPS) is 46.3. The van der Waals surface area contributed by atoms with Gasteiger partial charge in [-0.1, -0.05) is 6.92 Å². The molecule has 5 nitrogen and oxygen atoms in total. The minimum absolute atomic E-state index is 0.183. The van der Waals surface area contributed by atoms with E-state index in [2.05, 4.69) is 18.1 Å². The lowest BCUT2D eigenvalue weighted by Crippen LogP contribution is -2.53. The van der Waals surface area contributed by atoms with Crippen LogP contribution in [0.25, 0.3) is 0 Å². The fraction of sp³-hybridized carbons (Fsp3) is 0.846.